The van der Waals surface area contributed by atoms with E-state index >= 15 is 0 Å². The Bertz CT molecular complexity index is 1710. The van der Waals surface area contributed by atoms with Crippen LogP contribution in [0.2, 0.25) is 5.02 Å². The van der Waals surface area contributed by atoms with E-state index in [0.717, 1.165) is 41.2 Å². The number of thioether (sulfide) groups is 1. The van der Waals surface area contributed by atoms with Crippen LogP contribution in [0.3, 0.4) is 0 Å². The number of hydrogen-bond donors (Lipinski definition) is 5. The standard InChI is InChI=1S/C29H31ClN6O9S2.Na/c30-20-16(3-5-18(37)23(20)40)24(41)32-7-10-36(8-1-2-9-36)11-14-12-46-27-21(26(43)35(27)22(14)28(44)45)34-25(42)15(4-6-19(38)39)17-13-47-29(31)33-17;/h3-5,13,21,27H,1-2,6-12H2,(H7-,31,32,33,34,37,38,39,40,41,42,44,45);/q;+1/p-1/b15-4+;/t21-,27-;/m1./s1. The molecule has 250 valence electrons. The fourth-order valence-corrected chi connectivity index (χ4v) is 8.17. The van der Waals surface area contributed by atoms with Gasteiger partial charge >= 0.3 is 29.6 Å². The molecule has 3 aliphatic heterocycles. The molecule has 1 aromatic carbocycles. The number of fused-ring (bicyclic) bond motifs is 1. The maximum Gasteiger partial charge on any atom is 1.00 e. The summed E-state index contributed by atoms with van der Waals surface area (Å²) in [5, 5.41) is 48.9. The molecule has 2 fully saturated rings. The van der Waals surface area contributed by atoms with Crippen LogP contribution in [0.15, 0.2) is 34.9 Å². The fraction of sp³-hybridized carbons (Fsp3) is 0.379. The van der Waals surface area contributed by atoms with E-state index < -0.39 is 59.0 Å². The number of nitrogens with zero attached hydrogens (tertiary/aromatic N) is 3. The number of likely N-dealkylation sites (tertiary alicyclic amines) is 1. The van der Waals surface area contributed by atoms with Gasteiger partial charge in [0.2, 0.25) is 0 Å². The molecule has 0 radical (unpaired) electrons. The largest absolute Gasteiger partial charge is 1.00 e. The van der Waals surface area contributed by atoms with Gasteiger partial charge in [-0.05, 0) is 12.1 Å². The van der Waals surface area contributed by atoms with Gasteiger partial charge in [-0.15, -0.1) is 23.1 Å². The number of aromatic hydroxyl groups is 2. The monoisotopic (exact) mass is 728 g/mol. The zero-order chi connectivity index (χ0) is 34.0. The number of benzene rings is 1. The van der Waals surface area contributed by atoms with Crippen LogP contribution in [0, 0.1) is 0 Å². The quantitative estimate of drug-likeness (QED) is 0.0460. The number of carboxylic acid groups (broad SMARTS) is 2. The number of anilines is 1. The molecule has 48 heavy (non-hydrogen) atoms. The molecule has 3 amide bonds. The second-order valence-corrected chi connectivity index (χ2v) is 13.7. The summed E-state index contributed by atoms with van der Waals surface area (Å²) in [6.07, 6.45) is 2.29. The molecule has 15 nitrogen and oxygen atoms in total. The van der Waals surface area contributed by atoms with Crippen molar-refractivity contribution >= 4 is 75.1 Å². The molecule has 1 aromatic heterocycles. The van der Waals surface area contributed by atoms with E-state index in [1.807, 2.05) is 0 Å². The van der Waals surface area contributed by atoms with E-state index in [9.17, 15) is 44.4 Å². The number of nitrogens with two attached hydrogens (primary N) is 1. The number of thiazole rings is 1. The maximum absolute atomic E-state index is 13.3. The third-order valence-electron chi connectivity index (χ3n) is 8.29. The first-order valence-corrected chi connectivity index (χ1v) is 16.8. The Labute approximate surface area is 309 Å². The summed E-state index contributed by atoms with van der Waals surface area (Å²) in [5.41, 5.74) is 5.93. The fourth-order valence-electron chi connectivity index (χ4n) is 6.03. The van der Waals surface area contributed by atoms with E-state index in [-0.39, 0.29) is 74.5 Å². The first kappa shape index (κ1) is 37.5. The predicted molar refractivity (Wildman–Crippen MR) is 167 cm³/mol. The molecule has 0 bridgehead atoms. The molecule has 0 saturated carbocycles. The third-order valence-corrected chi connectivity index (χ3v) is 10.7. The Morgan fingerprint density at radius 2 is 1.90 bits per heavy atom. The van der Waals surface area contributed by atoms with Gasteiger partial charge in [-0.3, -0.25) is 19.3 Å². The number of quaternary nitrogens is 1. The van der Waals surface area contributed by atoms with Crippen molar-refractivity contribution in [2.24, 2.45) is 0 Å². The summed E-state index contributed by atoms with van der Waals surface area (Å²) < 4.78 is 0.456. The summed E-state index contributed by atoms with van der Waals surface area (Å²) in [7, 11) is 0. The van der Waals surface area contributed by atoms with Crippen molar-refractivity contribution in [2.45, 2.75) is 30.7 Å². The molecule has 4 heterocycles. The van der Waals surface area contributed by atoms with Crippen LogP contribution in [-0.2, 0) is 19.2 Å². The third kappa shape index (κ3) is 7.77. The summed E-state index contributed by atoms with van der Waals surface area (Å²) >= 11 is 8.35. The molecular formula is C29H30ClN6NaO9S2. The summed E-state index contributed by atoms with van der Waals surface area (Å²) in [6, 6.07) is 1.37. The van der Waals surface area contributed by atoms with E-state index in [1.165, 1.54) is 23.2 Å². The van der Waals surface area contributed by atoms with E-state index in [2.05, 4.69) is 15.6 Å². The van der Waals surface area contributed by atoms with Gasteiger partial charge in [0.05, 0.1) is 59.7 Å². The van der Waals surface area contributed by atoms with Gasteiger partial charge in [-0.1, -0.05) is 17.7 Å². The number of carbonyl (C=O) groups is 5. The molecule has 19 heteroatoms. The van der Waals surface area contributed by atoms with E-state index in [4.69, 9.17) is 17.3 Å². The zero-order valence-corrected chi connectivity index (χ0v) is 30.1. The van der Waals surface area contributed by atoms with Crippen molar-refractivity contribution in [3.05, 3.63) is 51.1 Å². The van der Waals surface area contributed by atoms with Crippen molar-refractivity contribution in [1.29, 1.82) is 0 Å². The van der Waals surface area contributed by atoms with Crippen LogP contribution >= 0.6 is 34.7 Å². The molecule has 6 N–H and O–H groups in total. The van der Waals surface area contributed by atoms with Gasteiger partial charge in [0.15, 0.2) is 16.6 Å². The van der Waals surface area contributed by atoms with Crippen LogP contribution in [-0.4, -0.2) is 104 Å². The average molecular weight is 729 g/mol. The molecule has 0 spiro atoms. The second kappa shape index (κ2) is 15.5. The number of aliphatic carboxylic acids is 2. The summed E-state index contributed by atoms with van der Waals surface area (Å²) in [6.45, 7) is 2.37. The van der Waals surface area contributed by atoms with Crippen molar-refractivity contribution in [3.63, 3.8) is 0 Å². The van der Waals surface area contributed by atoms with Gasteiger partial charge in [0, 0.05) is 41.9 Å². The molecular weight excluding hydrogens is 699 g/mol. The molecule has 3 aliphatic rings. The summed E-state index contributed by atoms with van der Waals surface area (Å²) in [5.74, 6) is -5.74. The average Bonchev–Trinajstić information content (AvgIpc) is 3.67. The number of nitrogens with one attached hydrogen (secondary N) is 2. The van der Waals surface area contributed by atoms with Crippen LogP contribution < -0.4 is 56.1 Å². The first-order valence-electron chi connectivity index (χ1n) is 14.5. The Hall–Kier alpha value is -3.32. The van der Waals surface area contributed by atoms with Gasteiger partial charge in [0.25, 0.3) is 17.7 Å². The number of carboxylic acids is 2. The Balaban J connectivity index is 0.00000520. The smallest absolute Gasteiger partial charge is 0.550 e. The number of carbonyl (C=O) groups excluding carboxylic acids is 5. The van der Waals surface area contributed by atoms with Crippen LogP contribution in [0.1, 0.15) is 35.3 Å². The SMILES string of the molecule is Nc1nc(/C(=C\CC(=O)[O-])C(=O)N[C@@H]2C(=O)N3C(C(=O)[O-])=C(C[N+]4(CCNC(=O)c5ccc(O)c(O)c5Cl)CCCC4)CS[C@H]23)cs1.[Na+]. The number of rotatable bonds is 12. The topological polar surface area (TPSA) is 238 Å². The minimum absolute atomic E-state index is 0. The zero-order valence-electron chi connectivity index (χ0n) is 25.7. The second-order valence-electron chi connectivity index (χ2n) is 11.3. The van der Waals surface area contributed by atoms with Crippen LogP contribution in [0.4, 0.5) is 5.13 Å². The molecule has 0 unspecified atom stereocenters. The van der Waals surface area contributed by atoms with E-state index in [0.29, 0.717) is 36.2 Å². The van der Waals surface area contributed by atoms with Crippen LogP contribution in [0.25, 0.3) is 5.57 Å². The number of hydrogen-bond acceptors (Lipinski definition) is 13. The normalized spacial score (nSPS) is 20.0. The number of phenolic OH excluding ortho intramolecular Hbond substituents is 2. The minimum atomic E-state index is -1.52. The van der Waals surface area contributed by atoms with Gasteiger partial charge in [-0.2, -0.15) is 0 Å². The Kier molecular flexibility index (Phi) is 12.1. The number of aromatic nitrogens is 1. The van der Waals surface area contributed by atoms with Crippen molar-refractivity contribution in [3.8, 4) is 11.5 Å². The number of amides is 3. The van der Waals surface area contributed by atoms with Crippen molar-refractivity contribution in [2.75, 3.05) is 44.2 Å². The Morgan fingerprint density at radius 3 is 2.52 bits per heavy atom. The summed E-state index contributed by atoms with van der Waals surface area (Å²) in [4.78, 5) is 67.9. The van der Waals surface area contributed by atoms with Crippen molar-refractivity contribution in [1.82, 2.24) is 20.5 Å². The predicted octanol–water partition coefficient (Wildman–Crippen LogP) is -4.24. The number of phenols is 2. The van der Waals surface area contributed by atoms with Gasteiger partial charge < -0.3 is 50.9 Å². The van der Waals surface area contributed by atoms with Gasteiger partial charge in [-0.25, -0.2) is 4.98 Å². The minimum Gasteiger partial charge on any atom is -0.550 e. The maximum atomic E-state index is 13.3. The Morgan fingerprint density at radius 1 is 1.19 bits per heavy atom. The number of halogens is 1. The van der Waals surface area contributed by atoms with Crippen molar-refractivity contribution < 1.29 is 78.4 Å². The first-order chi connectivity index (χ1) is 22.3. The van der Waals surface area contributed by atoms with Crippen LogP contribution in [0.5, 0.6) is 11.5 Å². The number of β-lactam (4-membered cyclic amide) rings is 1. The molecule has 5 rings (SSSR count). The molecule has 2 atom stereocenters. The molecule has 2 aromatic rings. The molecule has 2 saturated heterocycles. The van der Waals surface area contributed by atoms with Gasteiger partial charge in [0.1, 0.15) is 18.0 Å². The van der Waals surface area contributed by atoms with E-state index in [1.54, 1.807) is 0 Å². The molecule has 0 aliphatic carbocycles. The number of nitrogen functional groups attached to an aromatic ring is 1.